The van der Waals surface area contributed by atoms with Gasteiger partial charge in [0.2, 0.25) is 5.91 Å². The van der Waals surface area contributed by atoms with Crippen LogP contribution in [0.2, 0.25) is 0 Å². The summed E-state index contributed by atoms with van der Waals surface area (Å²) in [4.78, 5) is 23.8. The van der Waals surface area contributed by atoms with E-state index in [1.807, 2.05) is 4.90 Å². The van der Waals surface area contributed by atoms with Crippen LogP contribution in [0.25, 0.3) is 0 Å². The summed E-state index contributed by atoms with van der Waals surface area (Å²) in [5, 5.41) is 20.3. The number of nitrogens with one attached hydrogen (secondary N) is 1. The van der Waals surface area contributed by atoms with Crippen molar-refractivity contribution in [1.29, 1.82) is 0 Å². The number of carboxylic acids is 1. The molecule has 0 fully saturated rings. The molecule has 7 heteroatoms. The van der Waals surface area contributed by atoms with Gasteiger partial charge in [0.15, 0.2) is 0 Å². The number of amides is 1. The number of hydrogen-bond donors (Lipinski definition) is 3. The molecule has 0 saturated heterocycles. The normalized spacial score (nSPS) is 10.2. The van der Waals surface area contributed by atoms with Gasteiger partial charge in [-0.1, -0.05) is 19.8 Å². The molecule has 6 nitrogen and oxygen atoms in total. The number of aliphatic hydroxyl groups is 1. The predicted octanol–water partition coefficient (Wildman–Crippen LogP) is -0.197. The molecular weight excluding hydrogens is 271 g/mol. The zero-order valence-electron chi connectivity index (χ0n) is 11.7. The fraction of sp³-hybridized carbons (Fsp3) is 0.846. The second-order valence-corrected chi connectivity index (χ2v) is 4.52. The molecule has 0 radical (unpaired) electrons. The molecular formula is C13H27N2NaO4. The van der Waals surface area contributed by atoms with E-state index in [-0.39, 0.29) is 48.5 Å². The minimum absolute atomic E-state index is 0. The first-order valence-corrected chi connectivity index (χ1v) is 6.91. The maximum atomic E-state index is 11.5. The van der Waals surface area contributed by atoms with Crippen molar-refractivity contribution in [1.82, 2.24) is 10.2 Å². The molecule has 0 aromatic heterocycles. The van der Waals surface area contributed by atoms with Crippen molar-refractivity contribution >= 4 is 41.4 Å². The van der Waals surface area contributed by atoms with Crippen molar-refractivity contribution in [2.75, 3.05) is 32.8 Å². The summed E-state index contributed by atoms with van der Waals surface area (Å²) in [7, 11) is 0. The Balaban J connectivity index is 0. The third-order valence-electron chi connectivity index (χ3n) is 2.82. The van der Waals surface area contributed by atoms with Crippen molar-refractivity contribution in [2.45, 2.75) is 39.0 Å². The Morgan fingerprint density at radius 3 is 2.35 bits per heavy atom. The van der Waals surface area contributed by atoms with Crippen molar-refractivity contribution in [3.63, 3.8) is 0 Å². The van der Waals surface area contributed by atoms with Crippen LogP contribution in [0.5, 0.6) is 0 Å². The van der Waals surface area contributed by atoms with Gasteiger partial charge in [0.05, 0.1) is 13.0 Å². The summed E-state index contributed by atoms with van der Waals surface area (Å²) in [5.74, 6) is -0.817. The van der Waals surface area contributed by atoms with Gasteiger partial charge in [0.25, 0.3) is 0 Å². The third-order valence-corrected chi connectivity index (χ3v) is 2.82. The van der Waals surface area contributed by atoms with E-state index >= 15 is 0 Å². The Morgan fingerprint density at radius 1 is 1.10 bits per heavy atom. The van der Waals surface area contributed by atoms with E-state index in [0.717, 1.165) is 19.3 Å². The average Bonchev–Trinajstić information content (AvgIpc) is 2.36. The number of carboxylic acid groups (broad SMARTS) is 1. The number of unbranched alkanes of at least 4 members (excludes halogenated alkanes) is 2. The molecule has 0 aliphatic rings. The van der Waals surface area contributed by atoms with Gasteiger partial charge in [-0.3, -0.25) is 14.5 Å². The fourth-order valence-corrected chi connectivity index (χ4v) is 1.71. The van der Waals surface area contributed by atoms with Crippen LogP contribution in [-0.4, -0.2) is 89.3 Å². The Hall–Kier alpha value is -0.140. The van der Waals surface area contributed by atoms with Crippen molar-refractivity contribution in [3.05, 3.63) is 0 Å². The summed E-state index contributed by atoms with van der Waals surface area (Å²) in [6.45, 7) is 3.95. The van der Waals surface area contributed by atoms with Gasteiger partial charge < -0.3 is 15.5 Å². The third kappa shape index (κ3) is 14.3. The second kappa shape index (κ2) is 15.3. The molecule has 0 atom stereocenters. The minimum atomic E-state index is -0.855. The van der Waals surface area contributed by atoms with Gasteiger partial charge in [-0.2, -0.15) is 0 Å². The molecule has 114 valence electrons. The van der Waals surface area contributed by atoms with Crippen molar-refractivity contribution in [2.24, 2.45) is 0 Å². The molecule has 0 aromatic rings. The molecule has 0 unspecified atom stereocenters. The Morgan fingerprint density at radius 2 is 1.80 bits per heavy atom. The van der Waals surface area contributed by atoms with Crippen LogP contribution in [0.4, 0.5) is 0 Å². The number of rotatable bonds is 12. The maximum absolute atomic E-state index is 11.5. The van der Waals surface area contributed by atoms with E-state index in [2.05, 4.69) is 12.2 Å². The second-order valence-electron chi connectivity index (χ2n) is 4.52. The van der Waals surface area contributed by atoms with Crippen LogP contribution in [0.3, 0.4) is 0 Å². The topological polar surface area (TPSA) is 89.9 Å². The van der Waals surface area contributed by atoms with Gasteiger partial charge in [-0.05, 0) is 6.42 Å². The van der Waals surface area contributed by atoms with Gasteiger partial charge in [0, 0.05) is 32.6 Å². The van der Waals surface area contributed by atoms with Crippen LogP contribution >= 0.6 is 0 Å². The zero-order valence-corrected chi connectivity index (χ0v) is 11.7. The number of aliphatic carboxylic acids is 1. The molecule has 0 rings (SSSR count). The first-order chi connectivity index (χ1) is 9.10. The first-order valence-electron chi connectivity index (χ1n) is 6.91. The molecule has 0 aliphatic carbocycles. The molecule has 0 aromatic carbocycles. The van der Waals surface area contributed by atoms with Crippen LogP contribution in [0, 0.1) is 0 Å². The molecule has 0 bridgehead atoms. The number of aliphatic hydroxyl groups excluding tert-OH is 1. The summed E-state index contributed by atoms with van der Waals surface area (Å²) in [5.41, 5.74) is 0. The van der Waals surface area contributed by atoms with Crippen LogP contribution in [0.15, 0.2) is 0 Å². The number of carbonyl (C=O) groups excluding carboxylic acids is 1. The van der Waals surface area contributed by atoms with Gasteiger partial charge in [0.1, 0.15) is 0 Å². The molecule has 20 heavy (non-hydrogen) atoms. The van der Waals surface area contributed by atoms with E-state index in [4.69, 9.17) is 10.2 Å². The van der Waals surface area contributed by atoms with E-state index in [9.17, 15) is 9.59 Å². The number of hydrogen-bond acceptors (Lipinski definition) is 4. The van der Waals surface area contributed by atoms with Gasteiger partial charge in [-0.15, -0.1) is 0 Å². The summed E-state index contributed by atoms with van der Waals surface area (Å²) >= 11 is 0. The molecule has 0 spiro atoms. The quantitative estimate of drug-likeness (QED) is 0.343. The molecule has 3 N–H and O–H groups in total. The van der Waals surface area contributed by atoms with E-state index in [1.54, 1.807) is 0 Å². The van der Waals surface area contributed by atoms with Gasteiger partial charge in [-0.25, -0.2) is 0 Å². The molecule has 0 aliphatic heterocycles. The zero-order chi connectivity index (χ0) is 14.5. The monoisotopic (exact) mass is 298 g/mol. The molecule has 0 saturated carbocycles. The van der Waals surface area contributed by atoms with Crippen molar-refractivity contribution < 1.29 is 19.8 Å². The molecule has 0 heterocycles. The van der Waals surface area contributed by atoms with Crippen LogP contribution in [-0.2, 0) is 9.59 Å². The average molecular weight is 298 g/mol. The van der Waals surface area contributed by atoms with Crippen molar-refractivity contribution in [3.8, 4) is 0 Å². The van der Waals surface area contributed by atoms with E-state index in [0.29, 0.717) is 32.6 Å². The summed E-state index contributed by atoms with van der Waals surface area (Å²) < 4.78 is 0. The van der Waals surface area contributed by atoms with E-state index < -0.39 is 5.97 Å². The van der Waals surface area contributed by atoms with E-state index in [1.165, 1.54) is 0 Å². The summed E-state index contributed by atoms with van der Waals surface area (Å²) in [6.07, 6.45) is 3.64. The Bertz CT molecular complexity index is 265. The standard InChI is InChI=1S/C13H26N2O4.Na.H/c1-2-3-4-5-12(17)14-7-9-15(10-11-16)8-6-13(18)19;;/h16H,2-11H2,1H3,(H,14,17)(H,18,19);;. The fourth-order valence-electron chi connectivity index (χ4n) is 1.71. The predicted molar refractivity (Wildman–Crippen MR) is 80.1 cm³/mol. The summed E-state index contributed by atoms with van der Waals surface area (Å²) in [6, 6.07) is 0. The Labute approximate surface area is 143 Å². The van der Waals surface area contributed by atoms with Crippen LogP contribution < -0.4 is 5.32 Å². The SMILES string of the molecule is CCCCCC(=O)NCCN(CCO)CCC(=O)O.[NaH]. The van der Waals surface area contributed by atoms with Crippen LogP contribution in [0.1, 0.15) is 39.0 Å². The number of nitrogens with zero attached hydrogens (tertiary/aromatic N) is 1. The first kappa shape index (κ1) is 22.1. The Kier molecular flexibility index (Phi) is 16.9. The number of carbonyl (C=O) groups is 2. The van der Waals surface area contributed by atoms with Gasteiger partial charge >= 0.3 is 35.5 Å². The molecule has 1 amide bonds.